The zero-order valence-corrected chi connectivity index (χ0v) is 10.8. The van der Waals surface area contributed by atoms with E-state index >= 15 is 0 Å². The summed E-state index contributed by atoms with van der Waals surface area (Å²) in [7, 11) is 0. The molecule has 0 bridgehead atoms. The summed E-state index contributed by atoms with van der Waals surface area (Å²) in [6.45, 7) is 2.84. The van der Waals surface area contributed by atoms with Crippen molar-refractivity contribution in [3.05, 3.63) is 40.9 Å². The summed E-state index contributed by atoms with van der Waals surface area (Å²) in [6, 6.07) is 6.51. The topological polar surface area (TPSA) is 38.9 Å². The first-order valence-electron chi connectivity index (χ1n) is 5.16. The van der Waals surface area contributed by atoms with E-state index in [1.54, 1.807) is 23.1 Å². The Balaban J connectivity index is 2.15. The van der Waals surface area contributed by atoms with Gasteiger partial charge in [-0.25, -0.2) is 4.98 Å². The Morgan fingerprint density at radius 1 is 1.44 bits per heavy atom. The van der Waals surface area contributed by atoms with E-state index in [2.05, 4.69) is 30.1 Å². The molecule has 0 saturated heterocycles. The maximum absolute atomic E-state index is 5.56. The fraction of sp³-hybridized carbons (Fsp3) is 0.250. The Hall–Kier alpha value is -0.840. The highest BCUT2D eigenvalue weighted by Gasteiger charge is 2.02. The molecule has 0 aliphatic carbocycles. The van der Waals surface area contributed by atoms with E-state index in [1.165, 1.54) is 16.0 Å². The van der Waals surface area contributed by atoms with Gasteiger partial charge in [0.05, 0.1) is 0 Å². The Bertz CT molecular complexity index is 452. The van der Waals surface area contributed by atoms with E-state index < -0.39 is 0 Å². The minimum absolute atomic E-state index is 0.708. The van der Waals surface area contributed by atoms with Gasteiger partial charge in [-0.3, -0.25) is 0 Å². The number of thiazole rings is 1. The molecule has 0 saturated carbocycles. The SMILES string of the molecule is Cc1cc(Sc2nccs2)ccc1CCN. The Labute approximate surface area is 104 Å². The van der Waals surface area contributed by atoms with E-state index in [4.69, 9.17) is 5.73 Å². The number of aromatic nitrogens is 1. The summed E-state index contributed by atoms with van der Waals surface area (Å²) in [6.07, 6.45) is 2.79. The van der Waals surface area contributed by atoms with Gasteiger partial charge in [0.1, 0.15) is 0 Å². The van der Waals surface area contributed by atoms with Gasteiger partial charge in [-0.1, -0.05) is 17.8 Å². The Morgan fingerprint density at radius 3 is 2.94 bits per heavy atom. The smallest absolute Gasteiger partial charge is 0.154 e. The third kappa shape index (κ3) is 2.84. The molecule has 0 spiro atoms. The minimum atomic E-state index is 0.708. The molecule has 1 aromatic heterocycles. The van der Waals surface area contributed by atoms with Crippen LogP contribution in [0.25, 0.3) is 0 Å². The lowest BCUT2D eigenvalue weighted by Crippen LogP contribution is -2.03. The molecule has 1 aromatic carbocycles. The molecule has 0 radical (unpaired) electrons. The van der Waals surface area contributed by atoms with Crippen molar-refractivity contribution in [1.82, 2.24) is 4.98 Å². The summed E-state index contributed by atoms with van der Waals surface area (Å²) >= 11 is 3.38. The largest absolute Gasteiger partial charge is 0.330 e. The first kappa shape index (κ1) is 11.6. The second-order valence-electron chi connectivity index (χ2n) is 3.53. The predicted octanol–water partition coefficient (Wildman–Crippen LogP) is 3.10. The van der Waals surface area contributed by atoms with Crippen LogP contribution in [0.1, 0.15) is 11.1 Å². The highest BCUT2D eigenvalue weighted by atomic mass is 32.2. The molecule has 1 heterocycles. The molecule has 4 heteroatoms. The first-order chi connectivity index (χ1) is 7.79. The van der Waals surface area contributed by atoms with Crippen LogP contribution in [-0.4, -0.2) is 11.5 Å². The van der Waals surface area contributed by atoms with Gasteiger partial charge in [0.2, 0.25) is 0 Å². The predicted molar refractivity (Wildman–Crippen MR) is 70.2 cm³/mol. The molecule has 0 aliphatic rings. The van der Waals surface area contributed by atoms with Crippen LogP contribution >= 0.6 is 23.1 Å². The third-order valence-electron chi connectivity index (χ3n) is 2.34. The van der Waals surface area contributed by atoms with Gasteiger partial charge in [0, 0.05) is 16.5 Å². The fourth-order valence-corrected chi connectivity index (χ4v) is 3.22. The van der Waals surface area contributed by atoms with Crippen molar-refractivity contribution in [3.63, 3.8) is 0 Å². The molecular formula is C12H14N2S2. The zero-order chi connectivity index (χ0) is 11.4. The van der Waals surface area contributed by atoms with E-state index in [9.17, 15) is 0 Å². The Kier molecular flexibility index (Phi) is 3.98. The van der Waals surface area contributed by atoms with E-state index in [0.717, 1.165) is 10.8 Å². The van der Waals surface area contributed by atoms with Crippen LogP contribution in [0.4, 0.5) is 0 Å². The van der Waals surface area contributed by atoms with E-state index in [1.807, 2.05) is 11.6 Å². The molecule has 84 valence electrons. The highest BCUT2D eigenvalue weighted by molar-refractivity contribution is 8.01. The van der Waals surface area contributed by atoms with Crippen LogP contribution in [-0.2, 0) is 6.42 Å². The van der Waals surface area contributed by atoms with Gasteiger partial charge in [0.15, 0.2) is 4.34 Å². The normalized spacial score (nSPS) is 10.6. The quantitative estimate of drug-likeness (QED) is 0.906. The molecule has 2 rings (SSSR count). The standard InChI is InChI=1S/C12H14N2S2/c1-9-8-11(3-2-10(9)4-5-13)16-12-14-6-7-15-12/h2-3,6-8H,4-5,13H2,1H3. The highest BCUT2D eigenvalue weighted by Crippen LogP contribution is 2.30. The van der Waals surface area contributed by atoms with Gasteiger partial charge < -0.3 is 5.73 Å². The van der Waals surface area contributed by atoms with Crippen LogP contribution < -0.4 is 5.73 Å². The van der Waals surface area contributed by atoms with Crippen molar-refractivity contribution in [2.24, 2.45) is 5.73 Å². The summed E-state index contributed by atoms with van der Waals surface area (Å²) < 4.78 is 1.09. The molecule has 2 nitrogen and oxygen atoms in total. The number of nitrogens with zero attached hydrogens (tertiary/aromatic N) is 1. The zero-order valence-electron chi connectivity index (χ0n) is 9.14. The van der Waals surface area contributed by atoms with Crippen LogP contribution in [0.3, 0.4) is 0 Å². The van der Waals surface area contributed by atoms with Crippen molar-refractivity contribution < 1.29 is 0 Å². The fourth-order valence-electron chi connectivity index (χ4n) is 1.53. The molecular weight excluding hydrogens is 236 g/mol. The van der Waals surface area contributed by atoms with Crippen LogP contribution in [0.15, 0.2) is 39.0 Å². The maximum Gasteiger partial charge on any atom is 0.154 e. The second-order valence-corrected chi connectivity index (χ2v) is 5.74. The van der Waals surface area contributed by atoms with Crippen molar-refractivity contribution >= 4 is 23.1 Å². The monoisotopic (exact) mass is 250 g/mol. The molecule has 0 fully saturated rings. The summed E-state index contributed by atoms with van der Waals surface area (Å²) in [5.74, 6) is 0. The lowest BCUT2D eigenvalue weighted by molar-refractivity contribution is 0.954. The molecule has 2 aromatic rings. The van der Waals surface area contributed by atoms with Crippen LogP contribution in [0.2, 0.25) is 0 Å². The van der Waals surface area contributed by atoms with Crippen LogP contribution in [0, 0.1) is 6.92 Å². The lowest BCUT2D eigenvalue weighted by Gasteiger charge is -2.06. The minimum Gasteiger partial charge on any atom is -0.330 e. The summed E-state index contributed by atoms with van der Waals surface area (Å²) in [4.78, 5) is 5.51. The van der Waals surface area contributed by atoms with E-state index in [0.29, 0.717) is 6.54 Å². The van der Waals surface area contributed by atoms with Gasteiger partial charge >= 0.3 is 0 Å². The van der Waals surface area contributed by atoms with Gasteiger partial charge in [-0.05, 0) is 43.1 Å². The molecule has 0 amide bonds. The maximum atomic E-state index is 5.56. The third-order valence-corrected chi connectivity index (χ3v) is 4.22. The molecule has 2 N–H and O–H groups in total. The number of hydrogen-bond acceptors (Lipinski definition) is 4. The van der Waals surface area contributed by atoms with Crippen molar-refractivity contribution in [3.8, 4) is 0 Å². The number of aryl methyl sites for hydroxylation is 1. The first-order valence-corrected chi connectivity index (χ1v) is 6.86. The lowest BCUT2D eigenvalue weighted by atomic mass is 10.1. The van der Waals surface area contributed by atoms with Crippen molar-refractivity contribution in [1.29, 1.82) is 0 Å². The van der Waals surface area contributed by atoms with Gasteiger partial charge in [-0.15, -0.1) is 11.3 Å². The number of rotatable bonds is 4. The molecule has 0 atom stereocenters. The average Bonchev–Trinajstić information content (AvgIpc) is 2.75. The summed E-state index contributed by atoms with van der Waals surface area (Å²) in [5, 5.41) is 2.00. The van der Waals surface area contributed by atoms with E-state index in [-0.39, 0.29) is 0 Å². The second kappa shape index (κ2) is 5.48. The molecule has 0 unspecified atom stereocenters. The number of benzene rings is 1. The number of hydrogen-bond donors (Lipinski definition) is 1. The number of nitrogens with two attached hydrogens (primary N) is 1. The van der Waals surface area contributed by atoms with Crippen LogP contribution in [0.5, 0.6) is 0 Å². The van der Waals surface area contributed by atoms with Gasteiger partial charge in [-0.2, -0.15) is 0 Å². The Morgan fingerprint density at radius 2 is 2.31 bits per heavy atom. The molecule has 0 aliphatic heterocycles. The average molecular weight is 250 g/mol. The van der Waals surface area contributed by atoms with Crippen molar-refractivity contribution in [2.75, 3.05) is 6.54 Å². The molecule has 16 heavy (non-hydrogen) atoms. The van der Waals surface area contributed by atoms with Gasteiger partial charge in [0.25, 0.3) is 0 Å². The van der Waals surface area contributed by atoms with Crippen molar-refractivity contribution in [2.45, 2.75) is 22.6 Å². The summed E-state index contributed by atoms with van der Waals surface area (Å²) in [5.41, 5.74) is 8.21.